The zero-order valence-corrected chi connectivity index (χ0v) is 13.0. The minimum absolute atomic E-state index is 0.226. The van der Waals surface area contributed by atoms with Crippen LogP contribution in [0.5, 0.6) is 0 Å². The van der Waals surface area contributed by atoms with E-state index in [1.54, 1.807) is 5.51 Å². The number of urea groups is 1. The lowest BCUT2D eigenvalue weighted by Crippen LogP contribution is -2.28. The van der Waals surface area contributed by atoms with Gasteiger partial charge in [-0.25, -0.2) is 9.78 Å². The summed E-state index contributed by atoms with van der Waals surface area (Å²) in [4.78, 5) is 16.0. The smallest absolute Gasteiger partial charge is 0.319 e. The summed E-state index contributed by atoms with van der Waals surface area (Å²) in [7, 11) is 0. The molecule has 0 aliphatic rings. The number of hydrogen-bond acceptors (Lipinski definition) is 4. The average molecular weight is 304 g/mol. The Morgan fingerprint density at radius 1 is 1.43 bits per heavy atom. The number of hydrogen-bond donors (Lipinski definition) is 3. The second-order valence-electron chi connectivity index (χ2n) is 4.69. The summed E-state index contributed by atoms with van der Waals surface area (Å²) in [5.74, 6) is 0. The molecule has 2 aromatic rings. The molecule has 2 rings (SSSR count). The van der Waals surface area contributed by atoms with Crippen LogP contribution in [0.4, 0.5) is 10.5 Å². The van der Waals surface area contributed by atoms with Gasteiger partial charge in [0.05, 0.1) is 17.7 Å². The van der Waals surface area contributed by atoms with Crippen molar-refractivity contribution in [2.75, 3.05) is 11.9 Å². The topological polar surface area (TPSA) is 66.0 Å². The molecular weight excluding hydrogens is 284 g/mol. The average Bonchev–Trinajstić information content (AvgIpc) is 2.99. The van der Waals surface area contributed by atoms with Crippen LogP contribution >= 0.6 is 11.3 Å². The number of rotatable bonds is 6. The highest BCUT2D eigenvalue weighted by Gasteiger charge is 2.06. The molecule has 0 aliphatic heterocycles. The molecule has 0 radical (unpaired) electrons. The van der Waals surface area contributed by atoms with Gasteiger partial charge in [-0.3, -0.25) is 0 Å². The Balaban J connectivity index is 1.89. The van der Waals surface area contributed by atoms with Crippen molar-refractivity contribution < 1.29 is 4.79 Å². The van der Waals surface area contributed by atoms with Crippen LogP contribution in [0.1, 0.15) is 31.1 Å². The Kier molecular flexibility index (Phi) is 5.71. The van der Waals surface area contributed by atoms with Gasteiger partial charge in [-0.05, 0) is 31.2 Å². The molecule has 0 saturated heterocycles. The number of aromatic nitrogens is 1. The van der Waals surface area contributed by atoms with Crippen LogP contribution in [-0.2, 0) is 6.54 Å². The van der Waals surface area contributed by atoms with E-state index < -0.39 is 0 Å². The zero-order chi connectivity index (χ0) is 15.1. The highest BCUT2D eigenvalue weighted by atomic mass is 32.1. The first-order valence-corrected chi connectivity index (χ1v) is 7.88. The molecule has 0 aliphatic carbocycles. The predicted octanol–water partition coefficient (Wildman–Crippen LogP) is 3.14. The van der Waals surface area contributed by atoms with E-state index in [9.17, 15) is 4.79 Å². The minimum atomic E-state index is -0.226. The number of benzene rings is 1. The van der Waals surface area contributed by atoms with Crippen LogP contribution in [0.2, 0.25) is 0 Å². The maximum absolute atomic E-state index is 11.9. The second-order valence-corrected chi connectivity index (χ2v) is 5.41. The Morgan fingerprint density at radius 3 is 3.00 bits per heavy atom. The quantitative estimate of drug-likeness (QED) is 0.768. The van der Waals surface area contributed by atoms with E-state index in [2.05, 4.69) is 34.8 Å². The summed E-state index contributed by atoms with van der Waals surface area (Å²) < 4.78 is 0. The molecule has 1 aromatic carbocycles. The van der Waals surface area contributed by atoms with Crippen molar-refractivity contribution in [1.29, 1.82) is 0 Å². The van der Waals surface area contributed by atoms with Crippen LogP contribution in [-0.4, -0.2) is 17.6 Å². The minimum Gasteiger partial charge on any atom is -0.332 e. The van der Waals surface area contributed by atoms with Crippen LogP contribution in [0.25, 0.3) is 0 Å². The summed E-state index contributed by atoms with van der Waals surface area (Å²) in [6.45, 7) is 5.52. The molecule has 2 amide bonds. The van der Waals surface area contributed by atoms with E-state index in [0.717, 1.165) is 23.5 Å². The van der Waals surface area contributed by atoms with E-state index in [1.807, 2.05) is 29.6 Å². The fourth-order valence-electron chi connectivity index (χ4n) is 1.98. The van der Waals surface area contributed by atoms with Gasteiger partial charge in [-0.2, -0.15) is 0 Å². The molecule has 0 saturated carbocycles. The normalized spacial score (nSPS) is 11.9. The molecular formula is C15H20N4OS. The van der Waals surface area contributed by atoms with Gasteiger partial charge in [-0.1, -0.05) is 19.1 Å². The van der Waals surface area contributed by atoms with Gasteiger partial charge in [0.2, 0.25) is 0 Å². The van der Waals surface area contributed by atoms with Gasteiger partial charge >= 0.3 is 6.03 Å². The molecule has 0 fully saturated rings. The molecule has 1 unspecified atom stereocenters. The van der Waals surface area contributed by atoms with Gasteiger partial charge in [0.25, 0.3) is 0 Å². The molecule has 21 heavy (non-hydrogen) atoms. The number of nitrogens with one attached hydrogen (secondary N) is 3. The highest BCUT2D eigenvalue weighted by Crippen LogP contribution is 2.17. The standard InChI is InChI=1S/C15H20N4OS/c1-3-16-11(2)12-5-4-6-13(7-12)19-15(20)17-8-14-9-21-10-18-14/h4-7,9-11,16H,3,8H2,1-2H3,(H2,17,19,20). The number of nitrogens with zero attached hydrogens (tertiary/aromatic N) is 1. The maximum Gasteiger partial charge on any atom is 0.319 e. The summed E-state index contributed by atoms with van der Waals surface area (Å²) in [5.41, 5.74) is 4.55. The SMILES string of the molecule is CCNC(C)c1cccc(NC(=O)NCc2cscn2)c1. The lowest BCUT2D eigenvalue weighted by atomic mass is 10.1. The van der Waals surface area contributed by atoms with E-state index >= 15 is 0 Å². The molecule has 0 spiro atoms. The van der Waals surface area contributed by atoms with Gasteiger partial charge in [0.1, 0.15) is 0 Å². The molecule has 3 N–H and O–H groups in total. The van der Waals surface area contributed by atoms with Crippen molar-refractivity contribution in [3.05, 3.63) is 46.4 Å². The van der Waals surface area contributed by atoms with Crippen molar-refractivity contribution in [2.24, 2.45) is 0 Å². The Morgan fingerprint density at radius 2 is 2.29 bits per heavy atom. The molecule has 0 bridgehead atoms. The first-order valence-electron chi connectivity index (χ1n) is 6.94. The maximum atomic E-state index is 11.9. The Bertz CT molecular complexity index is 571. The third-order valence-electron chi connectivity index (χ3n) is 3.07. The first-order chi connectivity index (χ1) is 10.2. The Hall–Kier alpha value is -1.92. The summed E-state index contributed by atoms with van der Waals surface area (Å²) >= 11 is 1.52. The predicted molar refractivity (Wildman–Crippen MR) is 86.5 cm³/mol. The lowest BCUT2D eigenvalue weighted by Gasteiger charge is -2.14. The molecule has 1 aromatic heterocycles. The number of carbonyl (C=O) groups is 1. The number of carbonyl (C=O) groups excluding carboxylic acids is 1. The van der Waals surface area contributed by atoms with Gasteiger partial charge < -0.3 is 16.0 Å². The van der Waals surface area contributed by atoms with Crippen LogP contribution in [0, 0.1) is 0 Å². The highest BCUT2D eigenvalue weighted by molar-refractivity contribution is 7.07. The van der Waals surface area contributed by atoms with Crippen LogP contribution < -0.4 is 16.0 Å². The van der Waals surface area contributed by atoms with Crippen molar-refractivity contribution in [3.8, 4) is 0 Å². The van der Waals surface area contributed by atoms with E-state index in [-0.39, 0.29) is 12.1 Å². The lowest BCUT2D eigenvalue weighted by molar-refractivity contribution is 0.251. The van der Waals surface area contributed by atoms with Crippen molar-refractivity contribution in [3.63, 3.8) is 0 Å². The molecule has 5 nitrogen and oxygen atoms in total. The fraction of sp³-hybridized carbons (Fsp3) is 0.333. The van der Waals surface area contributed by atoms with E-state index in [4.69, 9.17) is 0 Å². The van der Waals surface area contributed by atoms with E-state index in [1.165, 1.54) is 11.3 Å². The number of amides is 2. The largest absolute Gasteiger partial charge is 0.332 e. The second kappa shape index (κ2) is 7.75. The van der Waals surface area contributed by atoms with Crippen molar-refractivity contribution in [2.45, 2.75) is 26.4 Å². The Labute approximate surface area is 128 Å². The molecule has 1 atom stereocenters. The number of thiazole rings is 1. The van der Waals surface area contributed by atoms with Gasteiger partial charge in [0, 0.05) is 17.1 Å². The first kappa shape index (κ1) is 15.5. The van der Waals surface area contributed by atoms with Gasteiger partial charge in [-0.15, -0.1) is 11.3 Å². The monoisotopic (exact) mass is 304 g/mol. The fourth-order valence-corrected chi connectivity index (χ4v) is 2.54. The van der Waals surface area contributed by atoms with Crippen molar-refractivity contribution >= 4 is 23.1 Å². The van der Waals surface area contributed by atoms with Crippen LogP contribution in [0.15, 0.2) is 35.2 Å². The van der Waals surface area contributed by atoms with Crippen molar-refractivity contribution in [1.82, 2.24) is 15.6 Å². The third-order valence-corrected chi connectivity index (χ3v) is 3.70. The van der Waals surface area contributed by atoms with E-state index in [0.29, 0.717) is 6.54 Å². The summed E-state index contributed by atoms with van der Waals surface area (Å²) in [6.07, 6.45) is 0. The number of anilines is 1. The molecule has 112 valence electrons. The molecule has 1 heterocycles. The third kappa shape index (κ3) is 4.84. The van der Waals surface area contributed by atoms with Gasteiger partial charge in [0.15, 0.2) is 0 Å². The molecule has 6 heteroatoms. The zero-order valence-electron chi connectivity index (χ0n) is 12.2. The summed E-state index contributed by atoms with van der Waals surface area (Å²) in [5, 5.41) is 10.9. The summed E-state index contributed by atoms with van der Waals surface area (Å²) in [6, 6.07) is 7.89. The van der Waals surface area contributed by atoms with Crippen LogP contribution in [0.3, 0.4) is 0 Å².